The van der Waals surface area contributed by atoms with Gasteiger partial charge in [0.1, 0.15) is 0 Å². The van der Waals surface area contributed by atoms with E-state index in [0.717, 1.165) is 12.8 Å². The Morgan fingerprint density at radius 3 is 1.90 bits per heavy atom. The Hall–Kier alpha value is -0.520. The van der Waals surface area contributed by atoms with Crippen molar-refractivity contribution < 1.29 is 60.5 Å². The van der Waals surface area contributed by atoms with E-state index < -0.39 is 17.7 Å². The maximum absolute atomic E-state index is 11.1. The van der Waals surface area contributed by atoms with Crippen molar-refractivity contribution in [2.24, 2.45) is 17.4 Å². The second kappa shape index (κ2) is 28.5. The molecule has 0 aliphatic heterocycles. The molecule has 0 radical (unpaired) electrons. The quantitative estimate of drug-likeness (QED) is 0.0710. The first-order valence-electron chi connectivity index (χ1n) is 10.4. The molecule has 0 heterocycles. The Bertz CT molecular complexity index is 414. The van der Waals surface area contributed by atoms with Crippen molar-refractivity contribution in [2.75, 3.05) is 26.4 Å². The van der Waals surface area contributed by atoms with Crippen LogP contribution in [0.3, 0.4) is 0 Å². The summed E-state index contributed by atoms with van der Waals surface area (Å²) in [6.07, 6.45) is 14.8. The third kappa shape index (κ3) is 29.7. The molecule has 0 spiro atoms. The van der Waals surface area contributed by atoms with Gasteiger partial charge in [0.2, 0.25) is 11.8 Å². The molecular weight excluding hydrogens is 401 g/mol. The summed E-state index contributed by atoms with van der Waals surface area (Å²) in [5.41, 5.74) is 12.3. The van der Waals surface area contributed by atoms with Crippen molar-refractivity contribution >= 4 is 11.8 Å². The molecule has 174 valence electrons. The van der Waals surface area contributed by atoms with Crippen molar-refractivity contribution in [3.63, 3.8) is 0 Å². The van der Waals surface area contributed by atoms with Gasteiger partial charge in [-0.25, -0.2) is 0 Å². The average Bonchev–Trinajstić information content (AvgIpc) is 2.68. The fourth-order valence-electron chi connectivity index (χ4n) is 2.35. The van der Waals surface area contributed by atoms with Crippen LogP contribution in [0.2, 0.25) is 0 Å². The van der Waals surface area contributed by atoms with E-state index in [4.69, 9.17) is 21.7 Å². The number of hydrogen-bond acceptors (Lipinski definition) is 7. The van der Waals surface area contributed by atoms with Gasteiger partial charge in [0, 0.05) is 6.42 Å². The molecule has 0 saturated carbocycles. The molecule has 30 heavy (non-hydrogen) atoms. The number of allylic oxidation sites excluding steroid dienone is 1. The molecule has 0 bridgehead atoms. The van der Waals surface area contributed by atoms with Gasteiger partial charge in [-0.05, 0) is 12.8 Å². The maximum atomic E-state index is 11.1. The molecule has 0 aliphatic rings. The van der Waals surface area contributed by atoms with Crippen LogP contribution in [0, 0.1) is 5.92 Å². The van der Waals surface area contributed by atoms with Gasteiger partial charge in [0.25, 0.3) is 0 Å². The van der Waals surface area contributed by atoms with Crippen LogP contribution in [0.1, 0.15) is 72.6 Å². The number of unbranched alkanes of at least 4 members (excludes halogenated alkanes) is 8. The van der Waals surface area contributed by atoms with Crippen LogP contribution in [-0.4, -0.2) is 48.5 Å². The number of amides is 2. The molecule has 10 heteroatoms. The largest absolute Gasteiger partial charge is 1.00 e. The van der Waals surface area contributed by atoms with Gasteiger partial charge in [-0.3, -0.25) is 19.3 Å². The minimum absolute atomic E-state index is 0. The van der Waals surface area contributed by atoms with Gasteiger partial charge in [0.15, 0.2) is 0 Å². The van der Waals surface area contributed by atoms with Crippen LogP contribution >= 0.6 is 0 Å². The van der Waals surface area contributed by atoms with E-state index >= 15 is 0 Å². The van der Waals surface area contributed by atoms with Crippen molar-refractivity contribution in [3.05, 3.63) is 12.2 Å². The maximum Gasteiger partial charge on any atom is 1.00 e. The molecule has 0 aliphatic carbocycles. The smallest absolute Gasteiger partial charge is 1.00 e. The van der Waals surface area contributed by atoms with Gasteiger partial charge < -0.3 is 23.1 Å². The second-order valence-corrected chi connectivity index (χ2v) is 6.60. The minimum atomic E-state index is -0.554. The van der Waals surface area contributed by atoms with E-state index in [1.54, 1.807) is 6.08 Å². The summed E-state index contributed by atoms with van der Waals surface area (Å²) in [5, 5.41) is 16.3. The third-order valence-electron chi connectivity index (χ3n) is 3.88. The summed E-state index contributed by atoms with van der Waals surface area (Å²) < 4.78 is 0. The van der Waals surface area contributed by atoms with E-state index in [9.17, 15) is 9.59 Å². The molecular formula is C20H42N3NaO6. The fourth-order valence-corrected chi connectivity index (χ4v) is 2.35. The minimum Gasteiger partial charge on any atom is -1.00 e. The first-order chi connectivity index (χ1) is 14.0. The summed E-state index contributed by atoms with van der Waals surface area (Å²) in [4.78, 5) is 30.8. The van der Waals surface area contributed by atoms with Crippen molar-refractivity contribution in [2.45, 2.75) is 71.1 Å². The number of nitrogens with two attached hydrogens (primary N) is 2. The van der Waals surface area contributed by atoms with Gasteiger partial charge in [-0.1, -0.05) is 69.7 Å². The van der Waals surface area contributed by atoms with Crippen LogP contribution in [0.4, 0.5) is 0 Å². The number of aliphatic hydroxyl groups is 2. The number of aliphatic hydroxyl groups excluding tert-OH is 2. The molecule has 0 saturated heterocycles. The van der Waals surface area contributed by atoms with Gasteiger partial charge >= 0.3 is 29.6 Å². The van der Waals surface area contributed by atoms with Crippen LogP contribution in [0.15, 0.2) is 12.2 Å². The average molecular weight is 444 g/mol. The van der Waals surface area contributed by atoms with Crippen LogP contribution in [-0.2, 0) is 19.3 Å². The summed E-state index contributed by atoms with van der Waals surface area (Å²) in [5.74, 6) is -1.54. The van der Waals surface area contributed by atoms with Gasteiger partial charge in [-0.2, -0.15) is 0 Å². The standard InChI is InChI=1S/C16H30N2O2.C4H11NO4.Na.H/c1-2-3-4-5-6-7-8-9-10-11-12-14(16(18)20)13-15(17)19;6-1-3-8-5-9-4-2-7;;/h11-12,14H,2-10,13H2,1H3,(H2,17,19)(H2,18,20);5-7H,1-4H2;;/q;;+1;-1. The molecule has 0 aromatic rings. The number of primary amides is 2. The summed E-state index contributed by atoms with van der Waals surface area (Å²) >= 11 is 0. The van der Waals surface area contributed by atoms with Crippen molar-refractivity contribution in [1.82, 2.24) is 5.64 Å². The van der Waals surface area contributed by atoms with Crippen LogP contribution in [0.5, 0.6) is 0 Å². The molecule has 2 amide bonds. The Kier molecular flexibility index (Phi) is 32.4. The summed E-state index contributed by atoms with van der Waals surface area (Å²) in [6.45, 7) is 2.45. The number of hydrogen-bond donors (Lipinski definition) is 5. The fraction of sp³-hybridized carbons (Fsp3) is 0.800. The van der Waals surface area contributed by atoms with E-state index in [1.807, 2.05) is 6.08 Å². The third-order valence-corrected chi connectivity index (χ3v) is 3.88. The van der Waals surface area contributed by atoms with Crippen molar-refractivity contribution in [1.29, 1.82) is 0 Å². The monoisotopic (exact) mass is 443 g/mol. The zero-order valence-electron chi connectivity index (χ0n) is 19.8. The Labute approximate surface area is 204 Å². The Balaban J connectivity index is -0.000000282. The van der Waals surface area contributed by atoms with Crippen LogP contribution in [0.25, 0.3) is 0 Å². The van der Waals surface area contributed by atoms with Gasteiger partial charge in [-0.15, -0.1) is 0 Å². The second-order valence-electron chi connectivity index (χ2n) is 6.60. The number of carbonyl (C=O) groups is 2. The normalized spacial score (nSPS) is 11.4. The van der Waals surface area contributed by atoms with Crippen molar-refractivity contribution in [3.8, 4) is 0 Å². The number of nitrogens with one attached hydrogen (secondary N) is 1. The summed E-state index contributed by atoms with van der Waals surface area (Å²) in [7, 11) is 0. The van der Waals surface area contributed by atoms with Gasteiger partial charge in [0.05, 0.1) is 32.3 Å². The molecule has 0 rings (SSSR count). The van der Waals surface area contributed by atoms with E-state index in [2.05, 4.69) is 22.2 Å². The molecule has 9 nitrogen and oxygen atoms in total. The molecule has 0 aromatic heterocycles. The number of rotatable bonds is 19. The molecule has 0 fully saturated rings. The summed E-state index contributed by atoms with van der Waals surface area (Å²) in [6, 6.07) is 0. The Morgan fingerprint density at radius 2 is 1.47 bits per heavy atom. The zero-order chi connectivity index (χ0) is 22.2. The predicted octanol–water partition coefficient (Wildman–Crippen LogP) is -1.41. The Morgan fingerprint density at radius 1 is 0.967 bits per heavy atom. The van der Waals surface area contributed by atoms with E-state index in [-0.39, 0.29) is 63.8 Å². The first-order valence-corrected chi connectivity index (χ1v) is 10.4. The first kappa shape index (κ1) is 34.1. The molecule has 0 aromatic carbocycles. The SMILES string of the molecule is CCCCCCCCCCC=CC(CC(N)=O)C(N)=O.OCCONOCCO.[H-].[Na+]. The van der Waals surface area contributed by atoms with E-state index in [1.165, 1.54) is 44.9 Å². The molecule has 7 N–H and O–H groups in total. The van der Waals surface area contributed by atoms with Crippen LogP contribution < -0.4 is 46.7 Å². The topological polar surface area (TPSA) is 157 Å². The predicted molar refractivity (Wildman–Crippen MR) is 113 cm³/mol. The zero-order valence-corrected chi connectivity index (χ0v) is 20.8. The number of carbonyl (C=O) groups excluding carboxylic acids is 2. The van der Waals surface area contributed by atoms with E-state index in [0.29, 0.717) is 0 Å². The molecule has 1 unspecified atom stereocenters. The molecule has 1 atom stereocenters.